The third-order valence-electron chi connectivity index (χ3n) is 3.07. The highest BCUT2D eigenvalue weighted by Crippen LogP contribution is 2.22. The van der Waals surface area contributed by atoms with E-state index in [1.54, 1.807) is 6.20 Å². The third kappa shape index (κ3) is 3.65. The smallest absolute Gasteiger partial charge is 0.118 e. The van der Waals surface area contributed by atoms with Crippen molar-refractivity contribution < 1.29 is 4.42 Å². The molecule has 0 spiro atoms. The Balaban J connectivity index is 2.12. The van der Waals surface area contributed by atoms with Gasteiger partial charge in [0.25, 0.3) is 0 Å². The molecule has 4 nitrogen and oxygen atoms in total. The van der Waals surface area contributed by atoms with Gasteiger partial charge in [0.05, 0.1) is 6.54 Å². The van der Waals surface area contributed by atoms with E-state index in [1.807, 2.05) is 32.3 Å². The first-order chi connectivity index (χ1) is 9.10. The normalized spacial score (nSPS) is 12.9. The minimum Gasteiger partial charge on any atom is -0.465 e. The van der Waals surface area contributed by atoms with E-state index < -0.39 is 0 Å². The Morgan fingerprint density at radius 3 is 2.79 bits per heavy atom. The third-order valence-corrected chi connectivity index (χ3v) is 3.50. The number of likely N-dealkylation sites (N-methyl/N-ethyl adjacent to an activating group) is 1. The molecule has 0 aromatic carbocycles. The number of hydrogen-bond donors (Lipinski definition) is 1. The maximum absolute atomic E-state index is 5.90. The highest BCUT2D eigenvalue weighted by atomic mass is 79.9. The number of hydrogen-bond acceptors (Lipinski definition) is 4. The quantitative estimate of drug-likeness (QED) is 0.919. The molecule has 0 aliphatic rings. The Morgan fingerprint density at radius 2 is 2.21 bits per heavy atom. The zero-order valence-corrected chi connectivity index (χ0v) is 12.7. The summed E-state index contributed by atoms with van der Waals surface area (Å²) in [6.07, 6.45) is 3.62. The molecule has 0 saturated carbocycles. The Kier molecular flexibility index (Phi) is 4.74. The summed E-state index contributed by atoms with van der Waals surface area (Å²) < 4.78 is 6.56. The number of nitrogens with two attached hydrogens (primary N) is 1. The van der Waals surface area contributed by atoms with E-state index >= 15 is 0 Å². The molecule has 102 valence electrons. The molecule has 2 aromatic rings. The van der Waals surface area contributed by atoms with Crippen molar-refractivity contribution in [1.29, 1.82) is 0 Å². The topological polar surface area (TPSA) is 55.3 Å². The van der Waals surface area contributed by atoms with Crippen LogP contribution in [0.2, 0.25) is 0 Å². The van der Waals surface area contributed by atoms with E-state index in [9.17, 15) is 0 Å². The molecule has 0 aliphatic heterocycles. The molecule has 2 rings (SSSR count). The van der Waals surface area contributed by atoms with Gasteiger partial charge in [-0.25, -0.2) is 0 Å². The minimum atomic E-state index is 0.121. The average Bonchev–Trinajstić information content (AvgIpc) is 2.75. The molecule has 2 heterocycles. The van der Waals surface area contributed by atoms with Crippen molar-refractivity contribution in [3.8, 4) is 0 Å². The average molecular weight is 324 g/mol. The number of nitrogens with zero attached hydrogens (tertiary/aromatic N) is 2. The fourth-order valence-corrected chi connectivity index (χ4v) is 2.49. The maximum atomic E-state index is 5.90. The Labute approximate surface area is 121 Å². The molecule has 0 radical (unpaired) electrons. The van der Waals surface area contributed by atoms with Gasteiger partial charge in [-0.15, -0.1) is 0 Å². The van der Waals surface area contributed by atoms with E-state index in [2.05, 4.69) is 31.9 Å². The maximum Gasteiger partial charge on any atom is 0.118 e. The van der Waals surface area contributed by atoms with E-state index in [0.717, 1.165) is 28.1 Å². The number of pyridine rings is 1. The lowest BCUT2D eigenvalue weighted by atomic mass is 10.1. The van der Waals surface area contributed by atoms with Crippen molar-refractivity contribution in [2.24, 2.45) is 5.73 Å². The predicted octanol–water partition coefficient (Wildman–Crippen LogP) is 2.88. The van der Waals surface area contributed by atoms with Gasteiger partial charge >= 0.3 is 0 Å². The summed E-state index contributed by atoms with van der Waals surface area (Å²) in [6.45, 7) is 3.21. The molecule has 0 bridgehead atoms. The van der Waals surface area contributed by atoms with Crippen LogP contribution in [0.1, 0.15) is 23.1 Å². The van der Waals surface area contributed by atoms with Crippen molar-refractivity contribution >= 4 is 15.9 Å². The second kappa shape index (κ2) is 6.32. The van der Waals surface area contributed by atoms with E-state index in [1.165, 1.54) is 0 Å². The van der Waals surface area contributed by atoms with E-state index in [-0.39, 0.29) is 6.04 Å². The largest absolute Gasteiger partial charge is 0.465 e. The Bertz CT molecular complexity index is 541. The monoisotopic (exact) mass is 323 g/mol. The summed E-state index contributed by atoms with van der Waals surface area (Å²) in [6, 6.07) is 6.14. The number of halogens is 1. The second-order valence-corrected chi connectivity index (χ2v) is 5.53. The van der Waals surface area contributed by atoms with Crippen LogP contribution < -0.4 is 5.73 Å². The molecule has 0 aliphatic carbocycles. The van der Waals surface area contributed by atoms with Crippen LogP contribution in [-0.2, 0) is 6.54 Å². The molecule has 0 amide bonds. The summed E-state index contributed by atoms with van der Waals surface area (Å²) in [5, 5.41) is 0. The molecule has 5 heteroatoms. The highest BCUT2D eigenvalue weighted by Gasteiger charge is 2.17. The Hall–Kier alpha value is -1.17. The van der Waals surface area contributed by atoms with Crippen LogP contribution in [-0.4, -0.2) is 23.5 Å². The molecular weight excluding hydrogens is 306 g/mol. The van der Waals surface area contributed by atoms with Gasteiger partial charge in [0.1, 0.15) is 11.5 Å². The fourth-order valence-electron chi connectivity index (χ4n) is 2.11. The van der Waals surface area contributed by atoms with Crippen molar-refractivity contribution in [3.63, 3.8) is 0 Å². The van der Waals surface area contributed by atoms with Gasteiger partial charge in [0.2, 0.25) is 0 Å². The number of furan rings is 1. The van der Waals surface area contributed by atoms with Crippen molar-refractivity contribution in [2.75, 3.05) is 13.6 Å². The first-order valence-corrected chi connectivity index (χ1v) is 6.95. The van der Waals surface area contributed by atoms with Gasteiger partial charge in [-0.05, 0) is 53.7 Å². The van der Waals surface area contributed by atoms with E-state index in [4.69, 9.17) is 10.2 Å². The Morgan fingerprint density at radius 1 is 1.42 bits per heavy atom. The lowest BCUT2D eigenvalue weighted by Gasteiger charge is -2.26. The summed E-state index contributed by atoms with van der Waals surface area (Å²) in [4.78, 5) is 6.36. The molecule has 2 N–H and O–H groups in total. The highest BCUT2D eigenvalue weighted by molar-refractivity contribution is 9.10. The van der Waals surface area contributed by atoms with Gasteiger partial charge in [-0.3, -0.25) is 9.88 Å². The van der Waals surface area contributed by atoms with Crippen LogP contribution in [0, 0.1) is 6.92 Å². The molecule has 0 fully saturated rings. The first kappa shape index (κ1) is 14.2. The van der Waals surface area contributed by atoms with Crippen LogP contribution in [0.25, 0.3) is 0 Å². The SMILES string of the molecule is Cc1ccc(CN(C)C(CN)c2cncc(Br)c2)o1. The predicted molar refractivity (Wildman–Crippen MR) is 78.6 cm³/mol. The summed E-state index contributed by atoms with van der Waals surface area (Å²) in [5.74, 6) is 1.87. The molecule has 0 saturated heterocycles. The summed E-state index contributed by atoms with van der Waals surface area (Å²) >= 11 is 3.44. The minimum absolute atomic E-state index is 0.121. The number of aryl methyl sites for hydroxylation is 1. The van der Waals surface area contributed by atoms with Crippen molar-refractivity contribution in [2.45, 2.75) is 19.5 Å². The van der Waals surface area contributed by atoms with Crippen LogP contribution in [0.5, 0.6) is 0 Å². The van der Waals surface area contributed by atoms with Crippen LogP contribution >= 0.6 is 15.9 Å². The van der Waals surface area contributed by atoms with Gasteiger partial charge in [0.15, 0.2) is 0 Å². The van der Waals surface area contributed by atoms with Crippen LogP contribution in [0.15, 0.2) is 39.5 Å². The van der Waals surface area contributed by atoms with Gasteiger partial charge in [0, 0.05) is 29.5 Å². The lowest BCUT2D eigenvalue weighted by molar-refractivity contribution is 0.221. The van der Waals surface area contributed by atoms with Crippen molar-refractivity contribution in [1.82, 2.24) is 9.88 Å². The lowest BCUT2D eigenvalue weighted by Crippen LogP contribution is -2.30. The first-order valence-electron chi connectivity index (χ1n) is 6.16. The second-order valence-electron chi connectivity index (χ2n) is 4.62. The fraction of sp³-hybridized carbons (Fsp3) is 0.357. The van der Waals surface area contributed by atoms with Gasteiger partial charge in [-0.2, -0.15) is 0 Å². The number of rotatable bonds is 5. The molecule has 19 heavy (non-hydrogen) atoms. The summed E-state index contributed by atoms with van der Waals surface area (Å²) in [7, 11) is 2.04. The molecular formula is C14H18BrN3O. The van der Waals surface area contributed by atoms with Gasteiger partial charge in [-0.1, -0.05) is 0 Å². The zero-order chi connectivity index (χ0) is 13.8. The van der Waals surface area contributed by atoms with Gasteiger partial charge < -0.3 is 10.2 Å². The molecule has 1 unspecified atom stereocenters. The number of aromatic nitrogens is 1. The standard InChI is InChI=1S/C14H18BrN3O/c1-10-3-4-13(19-10)9-18(2)14(6-16)11-5-12(15)8-17-7-11/h3-5,7-8,14H,6,9,16H2,1-2H3. The van der Waals surface area contributed by atoms with E-state index in [0.29, 0.717) is 6.54 Å². The van der Waals surface area contributed by atoms with Crippen LogP contribution in [0.3, 0.4) is 0 Å². The molecule has 2 aromatic heterocycles. The van der Waals surface area contributed by atoms with Crippen LogP contribution in [0.4, 0.5) is 0 Å². The van der Waals surface area contributed by atoms with Crippen molar-refractivity contribution in [3.05, 3.63) is 52.1 Å². The molecule has 1 atom stereocenters. The summed E-state index contributed by atoms with van der Waals surface area (Å²) in [5.41, 5.74) is 7.00. The zero-order valence-electron chi connectivity index (χ0n) is 11.1.